The Morgan fingerprint density at radius 1 is 1.11 bits per heavy atom. The van der Waals surface area contributed by atoms with Gasteiger partial charge >= 0.3 is 0 Å². The van der Waals surface area contributed by atoms with E-state index in [0.717, 1.165) is 48.3 Å². The highest BCUT2D eigenvalue weighted by molar-refractivity contribution is 5.11. The van der Waals surface area contributed by atoms with E-state index in [1.807, 2.05) is 7.05 Å². The molecule has 4 nitrogen and oxygen atoms in total. The summed E-state index contributed by atoms with van der Waals surface area (Å²) < 4.78 is 0. The topological polar surface area (TPSA) is 53.6 Å². The van der Waals surface area contributed by atoms with Crippen LogP contribution in [0.2, 0.25) is 0 Å². The maximum Gasteiger partial charge on any atom is 0.154 e. The minimum atomic E-state index is 0.660. The molecule has 1 heterocycles. The van der Waals surface area contributed by atoms with Crippen LogP contribution in [0.25, 0.3) is 0 Å². The highest BCUT2D eigenvalue weighted by Gasteiger charge is 2.49. The summed E-state index contributed by atoms with van der Waals surface area (Å²) in [7, 11) is 1.98. The van der Waals surface area contributed by atoms with Crippen LogP contribution >= 0.6 is 0 Å². The van der Waals surface area contributed by atoms with Crippen molar-refractivity contribution in [1.29, 1.82) is 0 Å². The predicted octanol–water partition coefficient (Wildman–Crippen LogP) is 2.11. The third-order valence-electron chi connectivity index (χ3n) is 5.69. The van der Waals surface area contributed by atoms with Gasteiger partial charge in [-0.15, -0.1) is 0 Å². The lowest BCUT2D eigenvalue weighted by atomic mass is 9.52. The molecular weight excluding hydrogens is 236 g/mol. The normalized spacial score (nSPS) is 39.9. The zero-order valence-electron chi connectivity index (χ0n) is 11.7. The van der Waals surface area contributed by atoms with Crippen molar-refractivity contribution in [3.8, 4) is 0 Å². The van der Waals surface area contributed by atoms with Crippen LogP contribution in [-0.2, 0) is 6.42 Å². The van der Waals surface area contributed by atoms with E-state index in [1.165, 1.54) is 32.1 Å². The first-order valence-corrected chi connectivity index (χ1v) is 7.89. The Bertz CT molecular complexity index is 425. The Balaban J connectivity index is 1.54. The monoisotopic (exact) mass is 260 g/mol. The Hall–Kier alpha value is -0.900. The average Bonchev–Trinajstić information content (AvgIpc) is 2.83. The van der Waals surface area contributed by atoms with Crippen LogP contribution in [0, 0.1) is 23.7 Å². The minimum Gasteiger partial charge on any atom is -0.319 e. The van der Waals surface area contributed by atoms with Gasteiger partial charge in [0.25, 0.3) is 0 Å². The number of H-pyrrole nitrogens is 1. The second-order valence-electron chi connectivity index (χ2n) is 6.95. The molecule has 2 N–H and O–H groups in total. The second-order valence-corrected chi connectivity index (χ2v) is 6.95. The molecule has 0 saturated heterocycles. The van der Waals surface area contributed by atoms with E-state index in [-0.39, 0.29) is 0 Å². The molecule has 0 unspecified atom stereocenters. The van der Waals surface area contributed by atoms with Crippen LogP contribution in [0.5, 0.6) is 0 Å². The number of aromatic nitrogens is 3. The fourth-order valence-electron chi connectivity index (χ4n) is 5.16. The van der Waals surface area contributed by atoms with Gasteiger partial charge in [0.2, 0.25) is 0 Å². The molecule has 4 aliphatic carbocycles. The first-order chi connectivity index (χ1) is 9.33. The molecule has 4 bridgehead atoms. The molecule has 1 aromatic heterocycles. The SMILES string of the molecule is CNCCc1nc(C2C3CC4CC(C3)CC2C4)n[nH]1. The molecule has 0 amide bonds. The number of rotatable bonds is 4. The molecule has 19 heavy (non-hydrogen) atoms. The van der Waals surface area contributed by atoms with E-state index in [0.29, 0.717) is 5.92 Å². The summed E-state index contributed by atoms with van der Waals surface area (Å²) in [4.78, 5) is 4.79. The van der Waals surface area contributed by atoms with Gasteiger partial charge in [0.05, 0.1) is 0 Å². The van der Waals surface area contributed by atoms with Gasteiger partial charge < -0.3 is 5.32 Å². The second kappa shape index (κ2) is 4.58. The van der Waals surface area contributed by atoms with Gasteiger partial charge in [-0.3, -0.25) is 5.10 Å². The lowest BCUT2D eigenvalue weighted by molar-refractivity contribution is -0.00555. The molecule has 4 heteroatoms. The maximum absolute atomic E-state index is 4.79. The Morgan fingerprint density at radius 2 is 1.79 bits per heavy atom. The average molecular weight is 260 g/mol. The summed E-state index contributed by atoms with van der Waals surface area (Å²) in [6, 6.07) is 0. The van der Waals surface area contributed by atoms with Crippen molar-refractivity contribution in [3.05, 3.63) is 11.6 Å². The lowest BCUT2D eigenvalue weighted by Gasteiger charge is -2.53. The first-order valence-electron chi connectivity index (χ1n) is 7.89. The number of aromatic amines is 1. The van der Waals surface area contributed by atoms with Gasteiger partial charge in [-0.2, -0.15) is 5.10 Å². The van der Waals surface area contributed by atoms with Crippen LogP contribution in [0.3, 0.4) is 0 Å². The standard InChI is InChI=1S/C15H24N4/c1-16-3-2-13-17-15(19-18-13)14-11-5-9-4-10(7-11)8-12(14)6-9/h9-12,14,16H,2-8H2,1H3,(H,17,18,19). The van der Waals surface area contributed by atoms with Crippen LogP contribution in [0.15, 0.2) is 0 Å². The molecule has 1 aromatic rings. The summed E-state index contributed by atoms with van der Waals surface area (Å²) >= 11 is 0. The van der Waals surface area contributed by atoms with Crippen molar-refractivity contribution < 1.29 is 0 Å². The quantitative estimate of drug-likeness (QED) is 0.871. The molecule has 0 aliphatic heterocycles. The van der Waals surface area contributed by atoms with Crippen molar-refractivity contribution >= 4 is 0 Å². The molecule has 0 atom stereocenters. The van der Waals surface area contributed by atoms with E-state index >= 15 is 0 Å². The van der Waals surface area contributed by atoms with Gasteiger partial charge in [0, 0.05) is 18.9 Å². The van der Waals surface area contributed by atoms with Gasteiger partial charge in [-0.05, 0) is 62.8 Å². The third-order valence-corrected chi connectivity index (χ3v) is 5.69. The van der Waals surface area contributed by atoms with Crippen LogP contribution < -0.4 is 5.32 Å². The molecule has 0 radical (unpaired) electrons. The summed E-state index contributed by atoms with van der Waals surface area (Å²) in [6.07, 6.45) is 8.24. The number of hydrogen-bond acceptors (Lipinski definition) is 3. The Kier molecular flexibility index (Phi) is 2.87. The van der Waals surface area contributed by atoms with Gasteiger partial charge in [-0.1, -0.05) is 0 Å². The van der Waals surface area contributed by atoms with E-state index in [1.54, 1.807) is 0 Å². The van der Waals surface area contributed by atoms with Crippen molar-refractivity contribution in [3.63, 3.8) is 0 Å². The van der Waals surface area contributed by atoms with Gasteiger partial charge in [0.1, 0.15) is 5.82 Å². The van der Waals surface area contributed by atoms with Gasteiger partial charge in [-0.25, -0.2) is 4.98 Å². The van der Waals surface area contributed by atoms with Crippen molar-refractivity contribution in [1.82, 2.24) is 20.5 Å². The molecule has 4 saturated carbocycles. The third kappa shape index (κ3) is 2.00. The predicted molar refractivity (Wildman–Crippen MR) is 73.8 cm³/mol. The highest BCUT2D eigenvalue weighted by atomic mass is 15.2. The smallest absolute Gasteiger partial charge is 0.154 e. The zero-order chi connectivity index (χ0) is 12.8. The maximum atomic E-state index is 4.79. The molecule has 4 aliphatic rings. The molecule has 0 aromatic carbocycles. The van der Waals surface area contributed by atoms with Crippen LogP contribution in [-0.4, -0.2) is 28.8 Å². The minimum absolute atomic E-state index is 0.660. The van der Waals surface area contributed by atoms with Crippen molar-refractivity contribution in [2.75, 3.05) is 13.6 Å². The largest absolute Gasteiger partial charge is 0.319 e. The van der Waals surface area contributed by atoms with Crippen molar-refractivity contribution in [2.24, 2.45) is 23.7 Å². The summed E-state index contributed by atoms with van der Waals surface area (Å²) in [6.45, 7) is 0.969. The highest BCUT2D eigenvalue weighted by Crippen LogP contribution is 2.59. The summed E-state index contributed by atoms with van der Waals surface area (Å²) in [5, 5.41) is 10.9. The molecule has 0 spiro atoms. The first kappa shape index (κ1) is 11.9. The Labute approximate surface area is 114 Å². The summed E-state index contributed by atoms with van der Waals surface area (Å²) in [5.41, 5.74) is 0. The number of hydrogen-bond donors (Lipinski definition) is 2. The van der Waals surface area contributed by atoms with Gasteiger partial charge in [0.15, 0.2) is 5.82 Å². The van der Waals surface area contributed by atoms with Crippen LogP contribution in [0.1, 0.15) is 49.7 Å². The molecule has 5 rings (SSSR count). The number of nitrogens with one attached hydrogen (secondary N) is 2. The number of nitrogens with zero attached hydrogens (tertiary/aromatic N) is 2. The Morgan fingerprint density at radius 3 is 2.42 bits per heavy atom. The molecule has 104 valence electrons. The number of likely N-dealkylation sites (N-methyl/N-ethyl adjacent to an activating group) is 1. The van der Waals surface area contributed by atoms with Crippen LogP contribution in [0.4, 0.5) is 0 Å². The van der Waals surface area contributed by atoms with Crippen molar-refractivity contribution in [2.45, 2.75) is 44.4 Å². The fourth-order valence-corrected chi connectivity index (χ4v) is 5.16. The summed E-state index contributed by atoms with van der Waals surface area (Å²) in [5.74, 6) is 6.65. The van der Waals surface area contributed by atoms with E-state index in [9.17, 15) is 0 Å². The fraction of sp³-hybridized carbons (Fsp3) is 0.867. The van der Waals surface area contributed by atoms with E-state index in [4.69, 9.17) is 4.98 Å². The van der Waals surface area contributed by atoms with E-state index < -0.39 is 0 Å². The molecule has 4 fully saturated rings. The zero-order valence-corrected chi connectivity index (χ0v) is 11.7. The molecular formula is C15H24N4. The van der Waals surface area contributed by atoms with E-state index in [2.05, 4.69) is 15.5 Å². The lowest BCUT2D eigenvalue weighted by Crippen LogP contribution is -2.44.